The Labute approximate surface area is 157 Å². The van der Waals surface area contributed by atoms with Gasteiger partial charge in [-0.1, -0.05) is 30.7 Å². The van der Waals surface area contributed by atoms with Crippen LogP contribution < -0.4 is 5.32 Å². The molecule has 0 aliphatic rings. The number of carbonyl (C=O) groups is 1. The lowest BCUT2D eigenvalue weighted by Gasteiger charge is -2.12. The Hall–Kier alpha value is -0.150. The van der Waals surface area contributed by atoms with Crippen molar-refractivity contribution in [2.45, 2.75) is 31.7 Å². The van der Waals surface area contributed by atoms with Crippen LogP contribution in [-0.4, -0.2) is 41.8 Å². The zero-order valence-corrected chi connectivity index (χ0v) is 17.5. The third kappa shape index (κ3) is 13.2. The summed E-state index contributed by atoms with van der Waals surface area (Å²) < 4.78 is 9.61. The molecule has 0 radical (unpaired) electrons. The molecule has 0 saturated carbocycles. The van der Waals surface area contributed by atoms with E-state index in [0.717, 1.165) is 10.8 Å². The van der Waals surface area contributed by atoms with E-state index in [9.17, 15) is 9.69 Å². The van der Waals surface area contributed by atoms with Crippen molar-refractivity contribution in [3.8, 4) is 0 Å². The third-order valence-corrected chi connectivity index (χ3v) is 6.32. The Morgan fingerprint density at radius 2 is 2.21 bits per heavy atom. The first-order valence-corrected chi connectivity index (χ1v) is 12.4. The van der Waals surface area contributed by atoms with Crippen molar-refractivity contribution in [3.05, 3.63) is 24.4 Å². The van der Waals surface area contributed by atoms with Gasteiger partial charge < -0.3 is 19.3 Å². The SMILES string of the molecule is CC.COP(O)(=S)OCCCC(=O)NCCSSc1ccccn1. The van der Waals surface area contributed by atoms with Crippen molar-refractivity contribution in [1.29, 1.82) is 0 Å². The Kier molecular flexibility index (Phi) is 15.0. The molecule has 0 spiro atoms. The van der Waals surface area contributed by atoms with Crippen molar-refractivity contribution in [3.63, 3.8) is 0 Å². The van der Waals surface area contributed by atoms with Crippen molar-refractivity contribution in [2.75, 3.05) is 26.0 Å². The molecule has 1 heterocycles. The van der Waals surface area contributed by atoms with Gasteiger partial charge in [0.2, 0.25) is 5.91 Å². The Balaban J connectivity index is 0.00000254. The highest BCUT2D eigenvalue weighted by atomic mass is 33.1. The topological polar surface area (TPSA) is 80.7 Å². The van der Waals surface area contributed by atoms with E-state index in [4.69, 9.17) is 4.52 Å². The predicted octanol–water partition coefficient (Wildman–Crippen LogP) is 3.62. The van der Waals surface area contributed by atoms with Crippen LogP contribution in [0.25, 0.3) is 0 Å². The first-order valence-electron chi connectivity index (χ1n) is 7.54. The minimum atomic E-state index is -3.10. The van der Waals surface area contributed by atoms with E-state index >= 15 is 0 Å². The standard InChI is InChI=1S/C12H19N2O4PS3.C2H6/c1-17-19(16,20)18-9-4-5-11(15)13-8-10-21-22-12-6-2-3-7-14-12;1-2/h2-3,6-7H,4-5,8-10H2,1H3,(H,13,15)(H,16,20);1-2H3. The normalized spacial score (nSPS) is 12.7. The maximum Gasteiger partial charge on any atom is 0.324 e. The zero-order chi connectivity index (χ0) is 18.3. The van der Waals surface area contributed by atoms with Gasteiger partial charge in [0, 0.05) is 32.0 Å². The first-order chi connectivity index (χ1) is 11.5. The summed E-state index contributed by atoms with van der Waals surface area (Å²) in [5, 5.41) is 3.77. The van der Waals surface area contributed by atoms with Gasteiger partial charge in [0.25, 0.3) is 0 Å². The largest absolute Gasteiger partial charge is 0.355 e. The predicted molar refractivity (Wildman–Crippen MR) is 106 cm³/mol. The van der Waals surface area contributed by atoms with E-state index in [1.54, 1.807) is 27.8 Å². The second-order valence-electron chi connectivity index (χ2n) is 4.01. The minimum absolute atomic E-state index is 0.0457. The number of hydrogen-bond acceptors (Lipinski definition) is 7. The fraction of sp³-hybridized carbons (Fsp3) is 0.571. The molecule has 10 heteroatoms. The highest BCUT2D eigenvalue weighted by Crippen LogP contribution is 2.42. The summed E-state index contributed by atoms with van der Waals surface area (Å²) in [4.78, 5) is 25.1. The molecule has 1 rings (SSSR count). The molecule has 0 bridgehead atoms. The van der Waals surface area contributed by atoms with Crippen LogP contribution in [0.3, 0.4) is 0 Å². The Bertz CT molecular complexity index is 494. The number of pyridine rings is 1. The van der Waals surface area contributed by atoms with Gasteiger partial charge in [0.15, 0.2) is 0 Å². The lowest BCUT2D eigenvalue weighted by atomic mass is 10.3. The molecule has 0 aromatic carbocycles. The van der Waals surface area contributed by atoms with Gasteiger partial charge in [-0.25, -0.2) is 4.98 Å². The molecule has 1 unspecified atom stereocenters. The van der Waals surface area contributed by atoms with Crippen LogP contribution in [0.1, 0.15) is 26.7 Å². The first kappa shape index (κ1) is 23.9. The van der Waals surface area contributed by atoms with Crippen LogP contribution in [0.2, 0.25) is 0 Å². The lowest BCUT2D eigenvalue weighted by Crippen LogP contribution is -2.25. The molecule has 138 valence electrons. The van der Waals surface area contributed by atoms with Crippen LogP contribution in [0, 0.1) is 0 Å². The number of nitrogens with one attached hydrogen (secondary N) is 1. The van der Waals surface area contributed by atoms with Crippen LogP contribution in [0.5, 0.6) is 0 Å². The molecule has 1 aromatic heterocycles. The molecule has 1 atom stereocenters. The molecule has 0 aliphatic carbocycles. The van der Waals surface area contributed by atoms with Crippen molar-refractivity contribution in [1.82, 2.24) is 10.3 Å². The summed E-state index contributed by atoms with van der Waals surface area (Å²) in [6.07, 6.45) is 2.57. The highest BCUT2D eigenvalue weighted by Gasteiger charge is 2.11. The molecular weight excluding hydrogens is 387 g/mol. The summed E-state index contributed by atoms with van der Waals surface area (Å²) in [6, 6.07) is 5.76. The maximum atomic E-state index is 11.6. The quantitative estimate of drug-likeness (QED) is 0.324. The third-order valence-electron chi connectivity index (χ3n) is 2.32. The second kappa shape index (κ2) is 15.1. The number of hydrogen-bond donors (Lipinski definition) is 2. The molecule has 0 saturated heterocycles. The lowest BCUT2D eigenvalue weighted by molar-refractivity contribution is -0.121. The van der Waals surface area contributed by atoms with Gasteiger partial charge in [0.1, 0.15) is 5.03 Å². The fourth-order valence-corrected chi connectivity index (χ4v) is 3.76. The van der Waals surface area contributed by atoms with Crippen molar-refractivity contribution >= 4 is 46.0 Å². The number of amides is 1. The van der Waals surface area contributed by atoms with E-state index in [2.05, 4.69) is 26.6 Å². The van der Waals surface area contributed by atoms with E-state index in [1.165, 1.54) is 7.11 Å². The smallest absolute Gasteiger partial charge is 0.324 e. The summed E-state index contributed by atoms with van der Waals surface area (Å²) in [5.74, 6) is 0.751. The number of rotatable bonds is 11. The van der Waals surface area contributed by atoms with Gasteiger partial charge in [-0.3, -0.25) is 4.79 Å². The summed E-state index contributed by atoms with van der Waals surface area (Å²) in [6.45, 7) is 1.70. The zero-order valence-electron chi connectivity index (χ0n) is 14.1. The van der Waals surface area contributed by atoms with Gasteiger partial charge in [-0.05, 0) is 41.2 Å². The van der Waals surface area contributed by atoms with E-state index in [0.29, 0.717) is 19.4 Å². The summed E-state index contributed by atoms with van der Waals surface area (Å²) >= 11 is 4.67. The average molecular weight is 413 g/mol. The molecule has 2 N–H and O–H groups in total. The number of nitrogens with zero attached hydrogens (tertiary/aromatic N) is 1. The molecule has 1 amide bonds. The van der Waals surface area contributed by atoms with Gasteiger partial charge in [-0.15, -0.1) is 0 Å². The minimum Gasteiger partial charge on any atom is -0.355 e. The van der Waals surface area contributed by atoms with Crippen molar-refractivity contribution < 1.29 is 18.7 Å². The fourth-order valence-electron chi connectivity index (χ4n) is 1.28. The number of carbonyl (C=O) groups excluding carboxylic acids is 1. The Morgan fingerprint density at radius 3 is 2.83 bits per heavy atom. The highest BCUT2D eigenvalue weighted by molar-refractivity contribution is 8.76. The molecule has 6 nitrogen and oxygen atoms in total. The maximum absolute atomic E-state index is 11.6. The van der Waals surface area contributed by atoms with E-state index in [-0.39, 0.29) is 12.5 Å². The van der Waals surface area contributed by atoms with Gasteiger partial charge in [0.05, 0.1) is 6.61 Å². The van der Waals surface area contributed by atoms with E-state index in [1.807, 2.05) is 32.0 Å². The number of aromatic nitrogens is 1. The second-order valence-corrected chi connectivity index (χ2v) is 9.39. The molecule has 0 aliphatic heterocycles. The van der Waals surface area contributed by atoms with Crippen LogP contribution in [0.15, 0.2) is 29.4 Å². The van der Waals surface area contributed by atoms with Crippen LogP contribution in [-0.2, 0) is 25.6 Å². The van der Waals surface area contributed by atoms with Crippen molar-refractivity contribution in [2.24, 2.45) is 0 Å². The average Bonchev–Trinajstić information content (AvgIpc) is 2.61. The van der Waals surface area contributed by atoms with Gasteiger partial charge in [-0.2, -0.15) is 0 Å². The van der Waals surface area contributed by atoms with Crippen LogP contribution >= 0.6 is 28.3 Å². The monoisotopic (exact) mass is 412 g/mol. The summed E-state index contributed by atoms with van der Waals surface area (Å²) in [5.41, 5.74) is 0. The Morgan fingerprint density at radius 1 is 1.46 bits per heavy atom. The molecular formula is C14H25N2O4PS3. The molecule has 24 heavy (non-hydrogen) atoms. The summed E-state index contributed by atoms with van der Waals surface area (Å²) in [7, 11) is 4.52. The van der Waals surface area contributed by atoms with Crippen LogP contribution in [0.4, 0.5) is 0 Å². The van der Waals surface area contributed by atoms with Gasteiger partial charge >= 0.3 is 6.72 Å². The molecule has 1 aromatic rings. The molecule has 0 fully saturated rings. The van der Waals surface area contributed by atoms with E-state index < -0.39 is 6.72 Å².